The summed E-state index contributed by atoms with van der Waals surface area (Å²) in [5.74, 6) is -0.698. The molecule has 102 valence electrons. The van der Waals surface area contributed by atoms with Crippen LogP contribution in [0.4, 0.5) is 4.39 Å². The molecule has 0 heterocycles. The van der Waals surface area contributed by atoms with Crippen LogP contribution in [0.2, 0.25) is 0 Å². The number of benzene rings is 1. The summed E-state index contributed by atoms with van der Waals surface area (Å²) in [6.45, 7) is 4.75. The lowest BCUT2D eigenvalue weighted by Crippen LogP contribution is -2.35. The van der Waals surface area contributed by atoms with E-state index in [9.17, 15) is 9.18 Å². The van der Waals surface area contributed by atoms with Crippen LogP contribution in [-0.4, -0.2) is 23.9 Å². The maximum Gasteiger partial charge on any atom is 0.256 e. The average Bonchev–Trinajstić information content (AvgIpc) is 2.36. The van der Waals surface area contributed by atoms with Gasteiger partial charge in [-0.2, -0.15) is 5.26 Å². The minimum atomic E-state index is -0.562. The Kier molecular flexibility index (Phi) is 5.84. The second-order valence-electron chi connectivity index (χ2n) is 4.72. The van der Waals surface area contributed by atoms with Gasteiger partial charge in [-0.3, -0.25) is 4.79 Å². The molecule has 0 aliphatic rings. The first kappa shape index (κ1) is 15.5. The Bertz CT molecular complexity index is 497. The third-order valence-electron chi connectivity index (χ3n) is 2.55. The van der Waals surface area contributed by atoms with E-state index in [1.54, 1.807) is 0 Å². The fourth-order valence-electron chi connectivity index (χ4n) is 1.75. The van der Waals surface area contributed by atoms with Crippen molar-refractivity contribution >= 4 is 18.5 Å². The predicted octanol–water partition coefficient (Wildman–Crippen LogP) is 3.13. The van der Waals surface area contributed by atoms with E-state index < -0.39 is 11.7 Å². The van der Waals surface area contributed by atoms with Gasteiger partial charge in [0.2, 0.25) is 0 Å². The van der Waals surface area contributed by atoms with Crippen LogP contribution >= 0.6 is 12.6 Å². The zero-order chi connectivity index (χ0) is 14.4. The third-order valence-corrected chi connectivity index (χ3v) is 2.82. The number of nitriles is 1. The van der Waals surface area contributed by atoms with Crippen molar-refractivity contribution < 1.29 is 9.18 Å². The SMILES string of the molecule is CC(C)CN(CCC#N)C(=O)c1cc(S)ccc1F. The Morgan fingerprint density at radius 1 is 1.53 bits per heavy atom. The van der Waals surface area contributed by atoms with E-state index in [2.05, 4.69) is 12.6 Å². The molecular formula is C14H17FN2OS. The molecule has 1 aromatic rings. The van der Waals surface area contributed by atoms with Crippen LogP contribution in [0.1, 0.15) is 30.6 Å². The molecule has 1 aromatic carbocycles. The first-order chi connectivity index (χ1) is 8.95. The zero-order valence-electron chi connectivity index (χ0n) is 11.1. The van der Waals surface area contributed by atoms with Crippen molar-refractivity contribution in [1.82, 2.24) is 4.90 Å². The molecule has 0 saturated heterocycles. The van der Waals surface area contributed by atoms with Crippen molar-refractivity contribution in [3.8, 4) is 6.07 Å². The standard InChI is InChI=1S/C14H17FN2OS/c1-10(2)9-17(7-3-6-16)14(18)12-8-11(19)4-5-13(12)15/h4-5,8,10,19H,3,7,9H2,1-2H3. The molecule has 0 spiro atoms. The second kappa shape index (κ2) is 7.15. The molecule has 0 bridgehead atoms. The minimum Gasteiger partial charge on any atom is -0.337 e. The predicted molar refractivity (Wildman–Crippen MR) is 74.6 cm³/mol. The van der Waals surface area contributed by atoms with Crippen molar-refractivity contribution in [2.24, 2.45) is 5.92 Å². The summed E-state index contributed by atoms with van der Waals surface area (Å²) in [7, 11) is 0. The van der Waals surface area contributed by atoms with Crippen LogP contribution in [-0.2, 0) is 0 Å². The van der Waals surface area contributed by atoms with E-state index >= 15 is 0 Å². The van der Waals surface area contributed by atoms with Gasteiger partial charge in [-0.1, -0.05) is 13.8 Å². The Morgan fingerprint density at radius 2 is 2.21 bits per heavy atom. The maximum absolute atomic E-state index is 13.7. The number of nitrogens with zero attached hydrogens (tertiary/aromatic N) is 2. The van der Waals surface area contributed by atoms with Gasteiger partial charge < -0.3 is 4.90 Å². The van der Waals surface area contributed by atoms with Gasteiger partial charge in [0.1, 0.15) is 5.82 Å². The average molecular weight is 280 g/mol. The normalized spacial score (nSPS) is 10.3. The molecule has 0 radical (unpaired) electrons. The van der Waals surface area contributed by atoms with Gasteiger partial charge in [0.05, 0.1) is 18.1 Å². The monoisotopic (exact) mass is 280 g/mol. The van der Waals surface area contributed by atoms with Gasteiger partial charge in [-0.25, -0.2) is 4.39 Å². The van der Waals surface area contributed by atoms with E-state index in [1.807, 2.05) is 19.9 Å². The van der Waals surface area contributed by atoms with Gasteiger partial charge in [-0.15, -0.1) is 12.6 Å². The van der Waals surface area contributed by atoms with E-state index in [0.717, 1.165) is 0 Å². The molecule has 1 amide bonds. The van der Waals surface area contributed by atoms with Crippen LogP contribution in [0.25, 0.3) is 0 Å². The highest BCUT2D eigenvalue weighted by Gasteiger charge is 2.20. The van der Waals surface area contributed by atoms with Gasteiger partial charge in [0.15, 0.2) is 0 Å². The highest BCUT2D eigenvalue weighted by atomic mass is 32.1. The Labute approximate surface area is 118 Å². The molecule has 1 rings (SSSR count). The number of thiol groups is 1. The molecule has 0 aromatic heterocycles. The number of carbonyl (C=O) groups excluding carboxylic acids is 1. The summed E-state index contributed by atoms with van der Waals surface area (Å²) in [6, 6.07) is 6.15. The van der Waals surface area contributed by atoms with Crippen molar-refractivity contribution in [3.05, 3.63) is 29.6 Å². The number of halogens is 1. The molecule has 0 atom stereocenters. The minimum absolute atomic E-state index is 0.00564. The zero-order valence-corrected chi connectivity index (χ0v) is 12.0. The lowest BCUT2D eigenvalue weighted by Gasteiger charge is -2.24. The number of hydrogen-bond donors (Lipinski definition) is 1. The molecule has 0 unspecified atom stereocenters. The molecule has 0 N–H and O–H groups in total. The Hall–Kier alpha value is -1.54. The summed E-state index contributed by atoms with van der Waals surface area (Å²) in [5.41, 5.74) is 0.00564. The van der Waals surface area contributed by atoms with Crippen molar-refractivity contribution in [2.75, 3.05) is 13.1 Å². The Balaban J connectivity index is 2.97. The van der Waals surface area contributed by atoms with Crippen molar-refractivity contribution in [3.63, 3.8) is 0 Å². The van der Waals surface area contributed by atoms with Crippen LogP contribution in [0, 0.1) is 23.1 Å². The van der Waals surface area contributed by atoms with Crippen LogP contribution < -0.4 is 0 Å². The third kappa shape index (κ3) is 4.56. The van der Waals surface area contributed by atoms with E-state index in [4.69, 9.17) is 5.26 Å². The number of hydrogen-bond acceptors (Lipinski definition) is 3. The van der Waals surface area contributed by atoms with Gasteiger partial charge in [0.25, 0.3) is 5.91 Å². The first-order valence-corrected chi connectivity index (χ1v) is 6.55. The molecule has 0 saturated carbocycles. The topological polar surface area (TPSA) is 44.1 Å². The maximum atomic E-state index is 13.7. The van der Waals surface area contributed by atoms with E-state index in [0.29, 0.717) is 18.0 Å². The molecule has 19 heavy (non-hydrogen) atoms. The van der Waals surface area contributed by atoms with Crippen molar-refractivity contribution in [1.29, 1.82) is 5.26 Å². The van der Waals surface area contributed by atoms with Gasteiger partial charge >= 0.3 is 0 Å². The quantitative estimate of drug-likeness (QED) is 0.842. The summed E-state index contributed by atoms with van der Waals surface area (Å²) in [5, 5.41) is 8.63. The molecule has 5 heteroatoms. The summed E-state index contributed by atoms with van der Waals surface area (Å²) in [6.07, 6.45) is 0.237. The number of amides is 1. The lowest BCUT2D eigenvalue weighted by molar-refractivity contribution is 0.0735. The lowest BCUT2D eigenvalue weighted by atomic mass is 10.1. The summed E-state index contributed by atoms with van der Waals surface area (Å²) >= 11 is 4.12. The van der Waals surface area contributed by atoms with Gasteiger partial charge in [-0.05, 0) is 24.1 Å². The number of carbonyl (C=O) groups is 1. The fraction of sp³-hybridized carbons (Fsp3) is 0.429. The first-order valence-electron chi connectivity index (χ1n) is 6.10. The fourth-order valence-corrected chi connectivity index (χ4v) is 1.95. The van der Waals surface area contributed by atoms with Crippen LogP contribution in [0.15, 0.2) is 23.1 Å². The van der Waals surface area contributed by atoms with E-state index in [-0.39, 0.29) is 17.9 Å². The smallest absolute Gasteiger partial charge is 0.256 e. The largest absolute Gasteiger partial charge is 0.337 e. The Morgan fingerprint density at radius 3 is 2.79 bits per heavy atom. The van der Waals surface area contributed by atoms with Crippen molar-refractivity contribution in [2.45, 2.75) is 25.2 Å². The molecular weight excluding hydrogens is 263 g/mol. The molecule has 3 nitrogen and oxygen atoms in total. The molecule has 0 aliphatic heterocycles. The van der Waals surface area contributed by atoms with Gasteiger partial charge in [0, 0.05) is 18.0 Å². The molecule has 0 fully saturated rings. The van der Waals surface area contributed by atoms with Crippen LogP contribution in [0.5, 0.6) is 0 Å². The summed E-state index contributed by atoms with van der Waals surface area (Å²) < 4.78 is 13.7. The number of rotatable bonds is 5. The van der Waals surface area contributed by atoms with Crippen LogP contribution in [0.3, 0.4) is 0 Å². The second-order valence-corrected chi connectivity index (χ2v) is 5.23. The summed E-state index contributed by atoms with van der Waals surface area (Å²) in [4.78, 5) is 14.4. The van der Waals surface area contributed by atoms with E-state index in [1.165, 1.54) is 23.1 Å². The molecule has 0 aliphatic carbocycles. The highest BCUT2D eigenvalue weighted by Crippen LogP contribution is 2.16. The highest BCUT2D eigenvalue weighted by molar-refractivity contribution is 7.80.